The van der Waals surface area contributed by atoms with Crippen molar-refractivity contribution in [3.63, 3.8) is 0 Å². The number of hydrogen-bond acceptors (Lipinski definition) is 8. The number of halogens is 1. The maximum Gasteiger partial charge on any atom is 0.251 e. The number of carbonyl (C=O) groups excluding carboxylic acids is 4. The molecule has 1 atom stereocenters. The molecule has 3 saturated heterocycles. The largest absolute Gasteiger partial charge is 0.350 e. The number of carbonyl (C=O) groups is 4. The molecule has 0 bridgehead atoms. The Labute approximate surface area is 394 Å². The number of nitrogens with zero attached hydrogens (tertiary/aromatic N) is 7. The third-order valence-corrected chi connectivity index (χ3v) is 16.1. The Morgan fingerprint density at radius 2 is 1.52 bits per heavy atom. The van der Waals surface area contributed by atoms with Crippen molar-refractivity contribution in [2.24, 2.45) is 11.8 Å². The van der Waals surface area contributed by atoms with Crippen molar-refractivity contribution in [3.8, 4) is 11.3 Å². The van der Waals surface area contributed by atoms with Crippen LogP contribution in [-0.4, -0.2) is 110 Å². The first-order valence-corrected chi connectivity index (χ1v) is 25.4. The molecule has 2 N–H and O–H groups in total. The Hall–Kier alpha value is -5.37. The maximum absolute atomic E-state index is 15.9. The molecule has 2 saturated carbocycles. The van der Waals surface area contributed by atoms with Gasteiger partial charge in [0.2, 0.25) is 17.7 Å². The monoisotopic (exact) mass is 914 g/mol. The topological polar surface area (TPSA) is 136 Å². The molecule has 14 heteroatoms. The van der Waals surface area contributed by atoms with Gasteiger partial charge >= 0.3 is 0 Å². The van der Waals surface area contributed by atoms with E-state index in [0.717, 1.165) is 68.4 Å². The highest BCUT2D eigenvalue weighted by atomic mass is 19.1. The minimum Gasteiger partial charge on any atom is -0.350 e. The van der Waals surface area contributed by atoms with E-state index in [-0.39, 0.29) is 59.3 Å². The fraction of sp³-hybridized carbons (Fsp3) is 0.585. The summed E-state index contributed by atoms with van der Waals surface area (Å²) in [7, 11) is 0. The van der Waals surface area contributed by atoms with Crippen molar-refractivity contribution in [1.82, 2.24) is 34.6 Å². The minimum atomic E-state index is -0.748. The van der Waals surface area contributed by atoms with Gasteiger partial charge in [0.05, 0.1) is 34.6 Å². The van der Waals surface area contributed by atoms with Crippen LogP contribution in [0.4, 0.5) is 21.6 Å². The molecule has 356 valence electrons. The molecule has 4 aliphatic heterocycles. The molecule has 0 unspecified atom stereocenters. The van der Waals surface area contributed by atoms with Crippen LogP contribution in [0.25, 0.3) is 22.3 Å². The van der Waals surface area contributed by atoms with E-state index in [0.29, 0.717) is 85.2 Å². The van der Waals surface area contributed by atoms with Gasteiger partial charge in [-0.25, -0.2) is 14.4 Å². The van der Waals surface area contributed by atoms with Crippen LogP contribution in [0.2, 0.25) is 0 Å². The standard InChI is InChI=1S/C53H68FN9O4/c1-32(2)56-49(64)40-28-44(42(54)24-34(40)5)58-48-47-45(55-31-62(47)33(3)4)29-43(57-48)36-14-15-41-46(25-36)63(39-26-38(27-39)59-19-10-7-11-20-59)52(67)53(41)17-22-60(23-18-53)51(66)37-16-21-61(30-37)50(65)35-12-8-6-9-13-35/h14-15,24-25,28-29,31-33,35,37-39H,6-13,16-23,26-27,30H2,1-5H3,(H,56,64)(H,57,58)/t37-,38-,39+/m1/s1. The SMILES string of the molecule is Cc1cc(F)c(Nc2nc(-c3ccc4c(c3)N([C@H]3C[C@@H](N5CCCCC5)C3)C(=O)C43CCN(C(=O)[C@@H]4CCN(C(=O)C5CCCCC5)C4)CC3)cc3ncn(C(C)C)c23)cc1C(=O)NC(C)C. The number of amides is 4. The number of pyridine rings is 1. The normalized spacial score (nSPS) is 23.4. The van der Waals surface area contributed by atoms with Crippen molar-refractivity contribution < 1.29 is 23.6 Å². The molecule has 13 nitrogen and oxygen atoms in total. The lowest BCUT2D eigenvalue weighted by molar-refractivity contribution is -0.140. The molecule has 2 aromatic carbocycles. The van der Waals surface area contributed by atoms with E-state index < -0.39 is 11.2 Å². The van der Waals surface area contributed by atoms with Crippen LogP contribution < -0.4 is 15.5 Å². The first-order valence-electron chi connectivity index (χ1n) is 25.4. The number of fused-ring (bicyclic) bond motifs is 3. The number of imidazole rings is 1. The van der Waals surface area contributed by atoms with E-state index in [4.69, 9.17) is 9.97 Å². The van der Waals surface area contributed by atoms with Gasteiger partial charge < -0.3 is 34.8 Å². The molecule has 2 aliphatic carbocycles. The summed E-state index contributed by atoms with van der Waals surface area (Å²) in [6, 6.07) is 11.6. The van der Waals surface area contributed by atoms with E-state index in [1.54, 1.807) is 19.3 Å². The van der Waals surface area contributed by atoms with E-state index in [9.17, 15) is 14.4 Å². The van der Waals surface area contributed by atoms with Gasteiger partial charge in [0.1, 0.15) is 11.3 Å². The number of nitrogens with one attached hydrogen (secondary N) is 2. The third kappa shape index (κ3) is 8.39. The number of rotatable bonds is 10. The quantitative estimate of drug-likeness (QED) is 0.162. The number of aryl methyl sites for hydroxylation is 1. The highest BCUT2D eigenvalue weighted by molar-refractivity contribution is 6.09. The first kappa shape index (κ1) is 45.4. The minimum absolute atomic E-state index is 0.0328. The van der Waals surface area contributed by atoms with Gasteiger partial charge in [-0.2, -0.15) is 0 Å². The average Bonchev–Trinajstić information content (AvgIpc) is 4.04. The van der Waals surface area contributed by atoms with Crippen molar-refractivity contribution >= 4 is 51.9 Å². The molecule has 67 heavy (non-hydrogen) atoms. The van der Waals surface area contributed by atoms with Crippen LogP contribution in [0.15, 0.2) is 42.7 Å². The lowest BCUT2D eigenvalue weighted by atomic mass is 9.73. The Morgan fingerprint density at radius 3 is 2.24 bits per heavy atom. The lowest BCUT2D eigenvalue weighted by Gasteiger charge is -2.48. The zero-order valence-electron chi connectivity index (χ0n) is 40.1. The molecule has 6 aliphatic rings. The van der Waals surface area contributed by atoms with E-state index in [2.05, 4.69) is 46.4 Å². The molecule has 4 amide bonds. The van der Waals surface area contributed by atoms with Gasteiger partial charge in [-0.05, 0) is 141 Å². The second kappa shape index (κ2) is 18.3. The predicted octanol–water partition coefficient (Wildman–Crippen LogP) is 8.66. The third-order valence-electron chi connectivity index (χ3n) is 16.1. The van der Waals surface area contributed by atoms with Crippen molar-refractivity contribution in [3.05, 3.63) is 65.2 Å². The first-order chi connectivity index (χ1) is 32.3. The van der Waals surface area contributed by atoms with Crippen LogP contribution in [0.5, 0.6) is 0 Å². The summed E-state index contributed by atoms with van der Waals surface area (Å²) in [6.07, 6.45) is 14.5. The van der Waals surface area contributed by atoms with Gasteiger partial charge in [0.25, 0.3) is 5.91 Å². The zero-order chi connectivity index (χ0) is 46.7. The summed E-state index contributed by atoms with van der Waals surface area (Å²) >= 11 is 0. The smallest absolute Gasteiger partial charge is 0.251 e. The number of hydrogen-bond donors (Lipinski definition) is 2. The van der Waals surface area contributed by atoms with Gasteiger partial charge in [-0.3, -0.25) is 19.2 Å². The molecular weight excluding hydrogens is 846 g/mol. The van der Waals surface area contributed by atoms with Gasteiger partial charge in [0.15, 0.2) is 5.82 Å². The molecule has 1 spiro atoms. The molecule has 2 aromatic heterocycles. The Morgan fingerprint density at radius 1 is 0.806 bits per heavy atom. The van der Waals surface area contributed by atoms with E-state index in [1.807, 2.05) is 40.3 Å². The maximum atomic E-state index is 15.9. The molecular formula is C53H68FN9O4. The summed E-state index contributed by atoms with van der Waals surface area (Å²) in [5, 5.41) is 6.21. The zero-order valence-corrected chi connectivity index (χ0v) is 40.1. The Balaban J connectivity index is 0.954. The molecule has 4 aromatic rings. The van der Waals surface area contributed by atoms with Crippen molar-refractivity contribution in [1.29, 1.82) is 0 Å². The van der Waals surface area contributed by atoms with Gasteiger partial charge in [-0.15, -0.1) is 0 Å². The summed E-state index contributed by atoms with van der Waals surface area (Å²) in [5.74, 6) is 0.00580. The highest BCUT2D eigenvalue weighted by Crippen LogP contribution is 2.52. The number of piperidine rings is 2. The highest BCUT2D eigenvalue weighted by Gasteiger charge is 2.56. The van der Waals surface area contributed by atoms with Crippen LogP contribution in [0, 0.1) is 24.6 Å². The van der Waals surface area contributed by atoms with Crippen LogP contribution in [0.1, 0.15) is 139 Å². The summed E-state index contributed by atoms with van der Waals surface area (Å²) in [5.41, 5.74) is 5.04. The summed E-state index contributed by atoms with van der Waals surface area (Å²) in [4.78, 5) is 74.6. The van der Waals surface area contributed by atoms with E-state index >= 15 is 9.18 Å². The number of likely N-dealkylation sites (tertiary alicyclic amines) is 3. The van der Waals surface area contributed by atoms with Crippen molar-refractivity contribution in [2.75, 3.05) is 49.5 Å². The summed E-state index contributed by atoms with van der Waals surface area (Å²) in [6.45, 7) is 14.0. The molecule has 0 radical (unpaired) electrons. The molecule has 5 fully saturated rings. The lowest BCUT2D eigenvalue weighted by Crippen LogP contribution is -2.58. The molecule has 10 rings (SSSR count). The summed E-state index contributed by atoms with van der Waals surface area (Å²) < 4.78 is 17.9. The second-order valence-electron chi connectivity index (χ2n) is 21.2. The Kier molecular flexibility index (Phi) is 12.4. The fourth-order valence-electron chi connectivity index (χ4n) is 12.3. The second-order valence-corrected chi connectivity index (χ2v) is 21.2. The Bertz CT molecular complexity index is 2560. The average molecular weight is 914 g/mol. The number of aromatic nitrogens is 3. The molecule has 6 heterocycles. The van der Waals surface area contributed by atoms with Crippen LogP contribution >= 0.6 is 0 Å². The van der Waals surface area contributed by atoms with Gasteiger partial charge in [0, 0.05) is 73.1 Å². The van der Waals surface area contributed by atoms with Crippen molar-refractivity contribution in [2.45, 2.75) is 148 Å². The fourth-order valence-corrected chi connectivity index (χ4v) is 12.3. The number of benzene rings is 2. The predicted molar refractivity (Wildman–Crippen MR) is 259 cm³/mol. The van der Waals surface area contributed by atoms with Crippen LogP contribution in [-0.2, 0) is 19.8 Å². The van der Waals surface area contributed by atoms with E-state index in [1.165, 1.54) is 31.7 Å². The van der Waals surface area contributed by atoms with Crippen LogP contribution in [0.3, 0.4) is 0 Å². The number of anilines is 3. The van der Waals surface area contributed by atoms with Gasteiger partial charge in [-0.1, -0.05) is 37.8 Å².